The number of carboxylic acids is 1. The molecule has 35 heavy (non-hydrogen) atoms. The molecule has 0 amide bonds. The van der Waals surface area contributed by atoms with Crippen LogP contribution in [-0.2, 0) is 30.5 Å². The van der Waals surface area contributed by atoms with Crippen molar-refractivity contribution in [3.05, 3.63) is 89.1 Å². The first-order valence-electron chi connectivity index (χ1n) is 12.1. The topological polar surface area (TPSA) is 77.2 Å². The lowest BCUT2D eigenvalue weighted by Gasteiger charge is -2.17. The van der Waals surface area contributed by atoms with E-state index in [0.29, 0.717) is 13.0 Å². The fourth-order valence-corrected chi connectivity index (χ4v) is 4.79. The highest BCUT2D eigenvalue weighted by Crippen LogP contribution is 2.27. The average Bonchev–Trinajstić information content (AvgIpc) is 3.28. The fourth-order valence-electron chi connectivity index (χ4n) is 4.79. The Labute approximate surface area is 203 Å². The Hall–Kier alpha value is -3.74. The van der Waals surface area contributed by atoms with Crippen molar-refractivity contribution in [1.29, 1.82) is 0 Å². The molecule has 2 heterocycles. The van der Waals surface area contributed by atoms with Crippen LogP contribution in [0.3, 0.4) is 0 Å². The predicted molar refractivity (Wildman–Crippen MR) is 131 cm³/mol. The van der Waals surface area contributed by atoms with E-state index >= 15 is 0 Å². The number of hydrogen-bond acceptors (Lipinski definition) is 4. The quantitative estimate of drug-likeness (QED) is 0.356. The molecule has 1 aliphatic carbocycles. The second-order valence-corrected chi connectivity index (χ2v) is 9.11. The molecule has 6 nitrogen and oxygen atoms in total. The summed E-state index contributed by atoms with van der Waals surface area (Å²) in [6.07, 6.45) is 7.48. The maximum absolute atomic E-state index is 13.3. The molecule has 1 aliphatic rings. The second kappa shape index (κ2) is 10.3. The molecule has 5 rings (SSSR count). The maximum Gasteiger partial charge on any atom is 0.305 e. The molecule has 0 spiro atoms. The third kappa shape index (κ3) is 5.50. The number of carbonyl (C=O) groups is 1. The number of aliphatic carboxylic acids is 1. The number of benzene rings is 2. The zero-order valence-corrected chi connectivity index (χ0v) is 19.5. The minimum Gasteiger partial charge on any atom is -0.493 e. The number of aromatic nitrogens is 3. The number of hydrogen-bond donors (Lipinski definition) is 1. The van der Waals surface area contributed by atoms with Crippen molar-refractivity contribution in [2.24, 2.45) is 0 Å². The minimum absolute atomic E-state index is 0.0831. The number of aryl methyl sites for hydroxylation is 2. The molecule has 2 aromatic carbocycles. The minimum atomic E-state index is -0.906. The van der Waals surface area contributed by atoms with Gasteiger partial charge in [0.05, 0.1) is 30.8 Å². The van der Waals surface area contributed by atoms with E-state index in [1.54, 1.807) is 23.0 Å². The molecule has 180 valence electrons. The van der Waals surface area contributed by atoms with E-state index in [1.807, 2.05) is 18.2 Å². The molecule has 7 heteroatoms. The van der Waals surface area contributed by atoms with Gasteiger partial charge in [0, 0.05) is 23.2 Å². The first kappa shape index (κ1) is 23.0. The van der Waals surface area contributed by atoms with Crippen molar-refractivity contribution in [3.63, 3.8) is 0 Å². The molecule has 1 N–H and O–H groups in total. The van der Waals surface area contributed by atoms with Crippen LogP contribution in [0.2, 0.25) is 0 Å². The number of ether oxygens (including phenoxy) is 1. The summed E-state index contributed by atoms with van der Waals surface area (Å²) in [6, 6.07) is 15.8. The van der Waals surface area contributed by atoms with Crippen LogP contribution in [-0.4, -0.2) is 32.4 Å². The van der Waals surface area contributed by atoms with E-state index in [0.717, 1.165) is 47.2 Å². The van der Waals surface area contributed by atoms with Crippen LogP contribution in [0.4, 0.5) is 4.39 Å². The molecule has 0 radical (unpaired) electrons. The van der Waals surface area contributed by atoms with Gasteiger partial charge in [0.2, 0.25) is 0 Å². The molecule has 0 fully saturated rings. The third-order valence-corrected chi connectivity index (χ3v) is 6.57. The van der Waals surface area contributed by atoms with Gasteiger partial charge in [0.15, 0.2) is 0 Å². The lowest BCUT2D eigenvalue weighted by molar-refractivity contribution is -0.137. The number of carboxylic acid groups (broad SMARTS) is 1. The molecular formula is C28H28FN3O3. The van der Waals surface area contributed by atoms with Gasteiger partial charge in [-0.25, -0.2) is 4.39 Å². The summed E-state index contributed by atoms with van der Waals surface area (Å²) >= 11 is 0. The van der Waals surface area contributed by atoms with Crippen molar-refractivity contribution in [2.45, 2.75) is 51.0 Å². The van der Waals surface area contributed by atoms with Crippen LogP contribution >= 0.6 is 0 Å². The standard InChI is InChI=1S/C28H28FN3O3/c29-22-8-5-19(6-9-22)15-24(17-28(33)34)32-27-12-11-25(16-21(27)18-30-32)35-14-13-23-10-7-20-3-1-2-4-26(20)31-23/h5-12,16,18,24H,1-4,13-15,17H2,(H,33,34). The van der Waals surface area contributed by atoms with Gasteiger partial charge >= 0.3 is 5.97 Å². The zero-order valence-electron chi connectivity index (χ0n) is 19.5. The van der Waals surface area contributed by atoms with Gasteiger partial charge in [-0.05, 0) is 79.6 Å². The Balaban J connectivity index is 1.27. The van der Waals surface area contributed by atoms with Gasteiger partial charge in [-0.15, -0.1) is 0 Å². The Morgan fingerprint density at radius 2 is 1.91 bits per heavy atom. The van der Waals surface area contributed by atoms with Crippen LogP contribution < -0.4 is 4.74 Å². The Morgan fingerprint density at radius 3 is 2.74 bits per heavy atom. The van der Waals surface area contributed by atoms with E-state index in [1.165, 1.54) is 36.2 Å². The Morgan fingerprint density at radius 1 is 1.09 bits per heavy atom. The summed E-state index contributed by atoms with van der Waals surface area (Å²) in [5, 5.41) is 14.8. The third-order valence-electron chi connectivity index (χ3n) is 6.57. The number of rotatable bonds is 9. The van der Waals surface area contributed by atoms with E-state index in [-0.39, 0.29) is 12.2 Å². The molecule has 1 atom stereocenters. The molecule has 2 aromatic heterocycles. The van der Waals surface area contributed by atoms with Gasteiger partial charge in [0.25, 0.3) is 0 Å². The molecular weight excluding hydrogens is 445 g/mol. The maximum atomic E-state index is 13.3. The van der Waals surface area contributed by atoms with Gasteiger partial charge in [0.1, 0.15) is 11.6 Å². The highest BCUT2D eigenvalue weighted by Gasteiger charge is 2.19. The molecule has 0 aliphatic heterocycles. The van der Waals surface area contributed by atoms with Crippen LogP contribution in [0.25, 0.3) is 10.9 Å². The molecule has 4 aromatic rings. The van der Waals surface area contributed by atoms with Crippen LogP contribution in [0.15, 0.2) is 60.8 Å². The fraction of sp³-hybridized carbons (Fsp3) is 0.321. The van der Waals surface area contributed by atoms with Crippen LogP contribution in [0.5, 0.6) is 5.75 Å². The normalized spacial score (nSPS) is 14.0. The second-order valence-electron chi connectivity index (χ2n) is 9.11. The molecule has 0 saturated carbocycles. The number of pyridine rings is 1. The SMILES string of the molecule is O=C(O)CC(Cc1ccc(F)cc1)n1ncc2cc(OCCc3ccc4c(n3)CCCC4)ccc21. The Kier molecular flexibility index (Phi) is 6.75. The summed E-state index contributed by atoms with van der Waals surface area (Å²) in [5.41, 5.74) is 5.36. The first-order valence-corrected chi connectivity index (χ1v) is 12.1. The van der Waals surface area contributed by atoms with Crippen molar-refractivity contribution in [2.75, 3.05) is 6.61 Å². The van der Waals surface area contributed by atoms with Gasteiger partial charge in [-0.3, -0.25) is 14.5 Å². The highest BCUT2D eigenvalue weighted by atomic mass is 19.1. The van der Waals surface area contributed by atoms with Crippen LogP contribution in [0.1, 0.15) is 47.8 Å². The smallest absolute Gasteiger partial charge is 0.305 e. The average molecular weight is 474 g/mol. The monoisotopic (exact) mass is 473 g/mol. The number of halogens is 1. The molecule has 1 unspecified atom stereocenters. The van der Waals surface area contributed by atoms with Crippen molar-refractivity contribution in [1.82, 2.24) is 14.8 Å². The van der Waals surface area contributed by atoms with Gasteiger partial charge in [-0.2, -0.15) is 5.10 Å². The zero-order chi connectivity index (χ0) is 24.2. The predicted octanol–water partition coefficient (Wildman–Crippen LogP) is 5.33. The molecule has 0 saturated heterocycles. The highest BCUT2D eigenvalue weighted by molar-refractivity contribution is 5.80. The van der Waals surface area contributed by atoms with Crippen LogP contribution in [0, 0.1) is 5.82 Å². The summed E-state index contributed by atoms with van der Waals surface area (Å²) in [6.45, 7) is 0.525. The summed E-state index contributed by atoms with van der Waals surface area (Å²) in [4.78, 5) is 16.3. The largest absolute Gasteiger partial charge is 0.493 e. The van der Waals surface area contributed by atoms with Crippen molar-refractivity contribution >= 4 is 16.9 Å². The number of nitrogens with zero attached hydrogens (tertiary/aromatic N) is 3. The Bertz CT molecular complexity index is 1330. The lowest BCUT2D eigenvalue weighted by atomic mass is 9.96. The van der Waals surface area contributed by atoms with E-state index in [4.69, 9.17) is 9.72 Å². The van der Waals surface area contributed by atoms with Gasteiger partial charge in [-0.1, -0.05) is 18.2 Å². The summed E-state index contributed by atoms with van der Waals surface area (Å²) in [7, 11) is 0. The van der Waals surface area contributed by atoms with Gasteiger partial charge < -0.3 is 9.84 Å². The van der Waals surface area contributed by atoms with Crippen molar-refractivity contribution < 1.29 is 19.0 Å². The van der Waals surface area contributed by atoms with Crippen molar-refractivity contribution in [3.8, 4) is 5.75 Å². The summed E-state index contributed by atoms with van der Waals surface area (Å²) in [5.74, 6) is -0.483. The lowest BCUT2D eigenvalue weighted by Crippen LogP contribution is -2.17. The van der Waals surface area contributed by atoms with E-state index in [2.05, 4.69) is 17.2 Å². The summed E-state index contributed by atoms with van der Waals surface area (Å²) < 4.78 is 21.0. The molecule has 0 bridgehead atoms. The van der Waals surface area contributed by atoms with E-state index in [9.17, 15) is 14.3 Å². The van der Waals surface area contributed by atoms with E-state index < -0.39 is 12.0 Å². The number of fused-ring (bicyclic) bond motifs is 2. The first-order chi connectivity index (χ1) is 17.0.